The third-order valence-electron chi connectivity index (χ3n) is 3.86. The van der Waals surface area contributed by atoms with Gasteiger partial charge in [-0.3, -0.25) is 4.79 Å². The quantitative estimate of drug-likeness (QED) is 0.606. The Balaban J connectivity index is 2.07. The van der Waals surface area contributed by atoms with Crippen molar-refractivity contribution in [3.63, 3.8) is 0 Å². The molecule has 0 aromatic heterocycles. The minimum Gasteiger partial charge on any atom is -0.493 e. The standard InChI is InChI=1S/C21H27ClN2O3/c1-5-27-20-10-15(18(22)12-19(20)26-4)13-23-16-7-6-8-17(11-16)24-21(25)9-14(2)3/h6-8,10-12,14,23H,5,9,13H2,1-4H3,(H,24,25). The number of rotatable bonds is 9. The third kappa shape index (κ3) is 6.36. The topological polar surface area (TPSA) is 59.6 Å². The molecule has 5 nitrogen and oxygen atoms in total. The first-order valence-electron chi connectivity index (χ1n) is 9.06. The Bertz CT molecular complexity index is 778. The van der Waals surface area contributed by atoms with Crippen LogP contribution in [-0.4, -0.2) is 19.6 Å². The molecular weight excluding hydrogens is 364 g/mol. The number of carbonyl (C=O) groups is 1. The molecule has 0 fully saturated rings. The van der Waals surface area contributed by atoms with E-state index in [-0.39, 0.29) is 5.91 Å². The number of nitrogens with one attached hydrogen (secondary N) is 2. The fraction of sp³-hybridized carbons (Fsp3) is 0.381. The summed E-state index contributed by atoms with van der Waals surface area (Å²) in [6, 6.07) is 11.3. The van der Waals surface area contributed by atoms with Crippen molar-refractivity contribution in [3.8, 4) is 11.5 Å². The number of benzene rings is 2. The molecule has 0 atom stereocenters. The van der Waals surface area contributed by atoms with Crippen LogP contribution in [0.4, 0.5) is 11.4 Å². The van der Waals surface area contributed by atoms with Gasteiger partial charge in [0.2, 0.25) is 5.91 Å². The first-order chi connectivity index (χ1) is 12.9. The zero-order chi connectivity index (χ0) is 19.8. The summed E-state index contributed by atoms with van der Waals surface area (Å²) in [6.07, 6.45) is 0.499. The molecular formula is C21H27ClN2O3. The molecule has 0 saturated carbocycles. The minimum atomic E-state index is 0.0155. The van der Waals surface area contributed by atoms with Gasteiger partial charge in [-0.1, -0.05) is 31.5 Å². The molecule has 2 rings (SSSR count). The van der Waals surface area contributed by atoms with Gasteiger partial charge in [-0.15, -0.1) is 0 Å². The molecule has 146 valence electrons. The highest BCUT2D eigenvalue weighted by atomic mass is 35.5. The number of amides is 1. The first-order valence-corrected chi connectivity index (χ1v) is 9.43. The molecule has 0 unspecified atom stereocenters. The van der Waals surface area contributed by atoms with Gasteiger partial charge in [0.25, 0.3) is 0 Å². The van der Waals surface area contributed by atoms with E-state index >= 15 is 0 Å². The lowest BCUT2D eigenvalue weighted by Gasteiger charge is -2.14. The minimum absolute atomic E-state index is 0.0155. The summed E-state index contributed by atoms with van der Waals surface area (Å²) >= 11 is 6.36. The number of hydrogen-bond donors (Lipinski definition) is 2. The second kappa shape index (κ2) is 10.1. The van der Waals surface area contributed by atoms with E-state index in [2.05, 4.69) is 10.6 Å². The Morgan fingerprint density at radius 3 is 2.56 bits per heavy atom. The number of carbonyl (C=O) groups excluding carboxylic acids is 1. The zero-order valence-electron chi connectivity index (χ0n) is 16.3. The average Bonchev–Trinajstić information content (AvgIpc) is 2.61. The van der Waals surface area contributed by atoms with Gasteiger partial charge >= 0.3 is 0 Å². The van der Waals surface area contributed by atoms with E-state index in [9.17, 15) is 4.79 Å². The van der Waals surface area contributed by atoms with Gasteiger partial charge in [0.15, 0.2) is 11.5 Å². The van der Waals surface area contributed by atoms with Gasteiger partial charge in [0.05, 0.1) is 13.7 Å². The number of anilines is 2. The SMILES string of the molecule is CCOc1cc(CNc2cccc(NC(=O)CC(C)C)c2)c(Cl)cc1OC. The average molecular weight is 391 g/mol. The summed E-state index contributed by atoms with van der Waals surface area (Å²) in [5, 5.41) is 6.85. The summed E-state index contributed by atoms with van der Waals surface area (Å²) in [4.78, 5) is 11.9. The summed E-state index contributed by atoms with van der Waals surface area (Å²) in [5.74, 6) is 1.61. The van der Waals surface area contributed by atoms with Crippen LogP contribution in [0.3, 0.4) is 0 Å². The van der Waals surface area contributed by atoms with Crippen LogP contribution in [0.15, 0.2) is 36.4 Å². The van der Waals surface area contributed by atoms with Crippen molar-refractivity contribution in [2.75, 3.05) is 24.4 Å². The van der Waals surface area contributed by atoms with Crippen molar-refractivity contribution in [1.29, 1.82) is 0 Å². The molecule has 0 spiro atoms. The van der Waals surface area contributed by atoms with E-state index < -0.39 is 0 Å². The van der Waals surface area contributed by atoms with Crippen LogP contribution in [0, 0.1) is 5.92 Å². The van der Waals surface area contributed by atoms with Gasteiger partial charge in [0.1, 0.15) is 0 Å². The predicted octanol–water partition coefficient (Wildman–Crippen LogP) is 5.34. The lowest BCUT2D eigenvalue weighted by Crippen LogP contribution is -2.13. The second-order valence-corrected chi connectivity index (χ2v) is 7.02. The molecule has 0 saturated heterocycles. The highest BCUT2D eigenvalue weighted by Gasteiger charge is 2.11. The van der Waals surface area contributed by atoms with Crippen molar-refractivity contribution in [2.45, 2.75) is 33.7 Å². The van der Waals surface area contributed by atoms with Crippen molar-refractivity contribution < 1.29 is 14.3 Å². The Labute approximate surface area is 166 Å². The highest BCUT2D eigenvalue weighted by molar-refractivity contribution is 6.31. The Morgan fingerprint density at radius 2 is 1.89 bits per heavy atom. The van der Waals surface area contributed by atoms with Crippen molar-refractivity contribution >= 4 is 28.9 Å². The number of halogens is 1. The molecule has 0 bridgehead atoms. The summed E-state index contributed by atoms with van der Waals surface area (Å²) in [6.45, 7) is 7.03. The lowest BCUT2D eigenvalue weighted by molar-refractivity contribution is -0.116. The number of hydrogen-bond acceptors (Lipinski definition) is 4. The molecule has 0 radical (unpaired) electrons. The van der Waals surface area contributed by atoms with Crippen LogP contribution < -0.4 is 20.1 Å². The fourth-order valence-corrected chi connectivity index (χ4v) is 2.85. The Morgan fingerprint density at radius 1 is 1.15 bits per heavy atom. The van der Waals surface area contributed by atoms with Gasteiger partial charge in [0, 0.05) is 35.4 Å². The van der Waals surface area contributed by atoms with Gasteiger partial charge < -0.3 is 20.1 Å². The van der Waals surface area contributed by atoms with E-state index in [0.29, 0.717) is 42.0 Å². The first kappa shape index (κ1) is 20.9. The van der Waals surface area contributed by atoms with Crippen LogP contribution in [0.1, 0.15) is 32.8 Å². The lowest BCUT2D eigenvalue weighted by atomic mass is 10.1. The number of ether oxygens (including phenoxy) is 2. The molecule has 2 aromatic carbocycles. The molecule has 0 aliphatic heterocycles. The molecule has 27 heavy (non-hydrogen) atoms. The molecule has 2 N–H and O–H groups in total. The van der Waals surface area contributed by atoms with Crippen LogP contribution in [-0.2, 0) is 11.3 Å². The van der Waals surface area contributed by atoms with Crippen LogP contribution >= 0.6 is 11.6 Å². The summed E-state index contributed by atoms with van der Waals surface area (Å²) < 4.78 is 10.9. The third-order valence-corrected chi connectivity index (χ3v) is 4.21. The van der Waals surface area contributed by atoms with Crippen molar-refractivity contribution in [3.05, 3.63) is 47.0 Å². The zero-order valence-corrected chi connectivity index (χ0v) is 17.0. The van der Waals surface area contributed by atoms with E-state index in [1.807, 2.05) is 51.1 Å². The van der Waals surface area contributed by atoms with Crippen molar-refractivity contribution in [1.82, 2.24) is 0 Å². The molecule has 1 amide bonds. The van der Waals surface area contributed by atoms with E-state index in [1.165, 1.54) is 0 Å². The summed E-state index contributed by atoms with van der Waals surface area (Å²) in [7, 11) is 1.59. The Kier molecular flexibility index (Phi) is 7.80. The largest absolute Gasteiger partial charge is 0.493 e. The molecule has 6 heteroatoms. The predicted molar refractivity (Wildman–Crippen MR) is 111 cm³/mol. The van der Waals surface area contributed by atoms with E-state index in [1.54, 1.807) is 13.2 Å². The molecule has 0 aliphatic carbocycles. The Hall–Kier alpha value is -2.40. The second-order valence-electron chi connectivity index (χ2n) is 6.61. The van der Waals surface area contributed by atoms with Crippen LogP contribution in [0.25, 0.3) is 0 Å². The number of methoxy groups -OCH3 is 1. The van der Waals surface area contributed by atoms with Crippen LogP contribution in [0.5, 0.6) is 11.5 Å². The van der Waals surface area contributed by atoms with Gasteiger partial charge in [-0.25, -0.2) is 0 Å². The molecule has 0 aliphatic rings. The van der Waals surface area contributed by atoms with E-state index in [4.69, 9.17) is 21.1 Å². The smallest absolute Gasteiger partial charge is 0.224 e. The summed E-state index contributed by atoms with van der Waals surface area (Å²) in [5.41, 5.74) is 2.55. The molecule has 2 aromatic rings. The maximum Gasteiger partial charge on any atom is 0.224 e. The maximum absolute atomic E-state index is 11.9. The highest BCUT2D eigenvalue weighted by Crippen LogP contribution is 2.33. The maximum atomic E-state index is 11.9. The monoisotopic (exact) mass is 390 g/mol. The van der Waals surface area contributed by atoms with Crippen LogP contribution in [0.2, 0.25) is 5.02 Å². The fourth-order valence-electron chi connectivity index (χ4n) is 2.63. The van der Waals surface area contributed by atoms with Crippen molar-refractivity contribution in [2.24, 2.45) is 5.92 Å². The van der Waals surface area contributed by atoms with E-state index in [0.717, 1.165) is 16.9 Å². The van der Waals surface area contributed by atoms with Gasteiger partial charge in [-0.05, 0) is 42.7 Å². The molecule has 0 heterocycles. The van der Waals surface area contributed by atoms with Gasteiger partial charge in [-0.2, -0.15) is 0 Å². The normalized spacial score (nSPS) is 10.6.